The lowest BCUT2D eigenvalue weighted by molar-refractivity contribution is 1.18. The van der Waals surface area contributed by atoms with Gasteiger partial charge in [0.25, 0.3) is 0 Å². The molecule has 2 aromatic heterocycles. The van der Waals surface area contributed by atoms with Crippen LogP contribution in [-0.4, -0.2) is 14.5 Å². The molecule has 0 atom stereocenters. The first kappa shape index (κ1) is 21.3. The van der Waals surface area contributed by atoms with Gasteiger partial charge in [-0.05, 0) is 47.0 Å². The van der Waals surface area contributed by atoms with Gasteiger partial charge in [-0.2, -0.15) is 0 Å². The van der Waals surface area contributed by atoms with Crippen LogP contribution in [0.15, 0.2) is 140 Å². The monoisotopic (exact) mass is 473 g/mol. The van der Waals surface area contributed by atoms with Crippen LogP contribution >= 0.6 is 0 Å². The van der Waals surface area contributed by atoms with Crippen LogP contribution < -0.4 is 0 Å². The highest BCUT2D eigenvalue weighted by Gasteiger charge is 2.17. The quantitative estimate of drug-likeness (QED) is 0.256. The van der Waals surface area contributed by atoms with Crippen LogP contribution in [0.25, 0.3) is 61.1 Å². The fourth-order valence-corrected chi connectivity index (χ4v) is 5.32. The summed E-state index contributed by atoms with van der Waals surface area (Å²) in [4.78, 5) is 8.91. The molecule has 3 nitrogen and oxygen atoms in total. The second-order valence-corrected chi connectivity index (χ2v) is 9.09. The van der Waals surface area contributed by atoms with Gasteiger partial charge in [0.15, 0.2) is 5.82 Å². The standard InChI is InChI=1S/C34H23N3/c1-2-14-27(26(13-1)24-11-9-12-25(23-24)34-35-21-10-22-36-34)28-15-3-6-18-31(28)37-32-19-7-4-16-29(32)30-17-5-8-20-33(30)37/h1-23H. The summed E-state index contributed by atoms with van der Waals surface area (Å²) in [5.74, 6) is 0.729. The SMILES string of the molecule is c1cnc(-c2cccc(-c3ccccc3-c3ccccc3-n3c4ccccc4c4ccccc43)c2)nc1. The molecule has 2 heterocycles. The Labute approximate surface area is 215 Å². The topological polar surface area (TPSA) is 30.7 Å². The number of rotatable bonds is 4. The minimum atomic E-state index is 0.729. The van der Waals surface area contributed by atoms with Crippen LogP contribution in [0.4, 0.5) is 0 Å². The summed E-state index contributed by atoms with van der Waals surface area (Å²) in [6.07, 6.45) is 3.57. The molecule has 0 fully saturated rings. The Hall–Kier alpha value is -5.02. The van der Waals surface area contributed by atoms with E-state index < -0.39 is 0 Å². The first-order valence-electron chi connectivity index (χ1n) is 12.4. The molecule has 0 amide bonds. The third kappa shape index (κ3) is 3.60. The molecule has 3 heteroatoms. The van der Waals surface area contributed by atoms with Gasteiger partial charge in [-0.25, -0.2) is 9.97 Å². The van der Waals surface area contributed by atoms with Gasteiger partial charge in [0.2, 0.25) is 0 Å². The van der Waals surface area contributed by atoms with Gasteiger partial charge in [0, 0.05) is 34.3 Å². The number of para-hydroxylation sites is 3. The van der Waals surface area contributed by atoms with Crippen molar-refractivity contribution in [3.8, 4) is 39.3 Å². The molecule has 0 aliphatic heterocycles. The highest BCUT2D eigenvalue weighted by atomic mass is 15.0. The Balaban J connectivity index is 1.46. The van der Waals surface area contributed by atoms with E-state index >= 15 is 0 Å². The second kappa shape index (κ2) is 8.89. The molecule has 7 aromatic rings. The smallest absolute Gasteiger partial charge is 0.159 e. The van der Waals surface area contributed by atoms with E-state index in [2.05, 4.69) is 136 Å². The van der Waals surface area contributed by atoms with Crippen molar-refractivity contribution < 1.29 is 0 Å². The molecule has 174 valence electrons. The lowest BCUT2D eigenvalue weighted by Gasteiger charge is -2.17. The Bertz CT molecular complexity index is 1830. The van der Waals surface area contributed by atoms with E-state index in [0.29, 0.717) is 0 Å². The summed E-state index contributed by atoms with van der Waals surface area (Å²) in [6.45, 7) is 0. The van der Waals surface area contributed by atoms with E-state index in [4.69, 9.17) is 0 Å². The molecule has 0 saturated carbocycles. The summed E-state index contributed by atoms with van der Waals surface area (Å²) in [6, 6.07) is 45.0. The Kier molecular flexibility index (Phi) is 5.11. The molecule has 0 N–H and O–H groups in total. The Morgan fingerprint density at radius 1 is 0.432 bits per heavy atom. The first-order chi connectivity index (χ1) is 18.4. The van der Waals surface area contributed by atoms with Crippen molar-refractivity contribution in [2.75, 3.05) is 0 Å². The van der Waals surface area contributed by atoms with Crippen molar-refractivity contribution in [1.29, 1.82) is 0 Å². The van der Waals surface area contributed by atoms with E-state index in [1.165, 1.54) is 38.5 Å². The minimum Gasteiger partial charge on any atom is -0.309 e. The molecule has 37 heavy (non-hydrogen) atoms. The molecule has 5 aromatic carbocycles. The maximum absolute atomic E-state index is 4.46. The summed E-state index contributed by atoms with van der Waals surface area (Å²) < 4.78 is 2.39. The number of hydrogen-bond donors (Lipinski definition) is 0. The zero-order chi connectivity index (χ0) is 24.6. The van der Waals surface area contributed by atoms with E-state index in [-0.39, 0.29) is 0 Å². The fraction of sp³-hybridized carbons (Fsp3) is 0. The Morgan fingerprint density at radius 3 is 1.73 bits per heavy atom. The number of hydrogen-bond acceptors (Lipinski definition) is 2. The molecular formula is C34H23N3. The average Bonchev–Trinajstić information content (AvgIpc) is 3.32. The number of benzene rings is 5. The van der Waals surface area contributed by atoms with E-state index in [0.717, 1.165) is 22.6 Å². The number of nitrogens with zero attached hydrogens (tertiary/aromatic N) is 3. The lowest BCUT2D eigenvalue weighted by atomic mass is 9.92. The maximum Gasteiger partial charge on any atom is 0.159 e. The molecule has 0 aliphatic rings. The third-order valence-corrected chi connectivity index (χ3v) is 6.94. The fourth-order valence-electron chi connectivity index (χ4n) is 5.32. The van der Waals surface area contributed by atoms with E-state index in [9.17, 15) is 0 Å². The van der Waals surface area contributed by atoms with Gasteiger partial charge in [-0.1, -0.05) is 97.1 Å². The molecule has 0 radical (unpaired) electrons. The third-order valence-electron chi connectivity index (χ3n) is 6.94. The Morgan fingerprint density at radius 2 is 1.00 bits per heavy atom. The maximum atomic E-state index is 4.46. The highest BCUT2D eigenvalue weighted by molar-refractivity contribution is 6.09. The van der Waals surface area contributed by atoms with Crippen LogP contribution in [0.2, 0.25) is 0 Å². The van der Waals surface area contributed by atoms with Crippen molar-refractivity contribution in [2.24, 2.45) is 0 Å². The predicted molar refractivity (Wildman–Crippen MR) is 153 cm³/mol. The first-order valence-corrected chi connectivity index (χ1v) is 12.4. The summed E-state index contributed by atoms with van der Waals surface area (Å²) in [7, 11) is 0. The molecule has 0 bridgehead atoms. The van der Waals surface area contributed by atoms with Gasteiger partial charge >= 0.3 is 0 Å². The molecular weight excluding hydrogens is 450 g/mol. The molecule has 0 saturated heterocycles. The van der Waals surface area contributed by atoms with Gasteiger partial charge in [-0.15, -0.1) is 0 Å². The number of aromatic nitrogens is 3. The van der Waals surface area contributed by atoms with Crippen LogP contribution in [0.5, 0.6) is 0 Å². The van der Waals surface area contributed by atoms with Crippen molar-refractivity contribution >= 4 is 21.8 Å². The average molecular weight is 474 g/mol. The van der Waals surface area contributed by atoms with Crippen LogP contribution in [0, 0.1) is 0 Å². The van der Waals surface area contributed by atoms with Crippen LogP contribution in [0.3, 0.4) is 0 Å². The van der Waals surface area contributed by atoms with Crippen LogP contribution in [0.1, 0.15) is 0 Å². The van der Waals surface area contributed by atoms with E-state index in [1.807, 2.05) is 6.07 Å². The number of fused-ring (bicyclic) bond motifs is 3. The summed E-state index contributed by atoms with van der Waals surface area (Å²) in [5.41, 5.74) is 9.26. The predicted octanol–water partition coefficient (Wildman–Crippen LogP) is 8.57. The van der Waals surface area contributed by atoms with Crippen molar-refractivity contribution in [1.82, 2.24) is 14.5 Å². The summed E-state index contributed by atoms with van der Waals surface area (Å²) >= 11 is 0. The lowest BCUT2D eigenvalue weighted by Crippen LogP contribution is -1.98. The van der Waals surface area contributed by atoms with Crippen molar-refractivity contribution in [2.45, 2.75) is 0 Å². The highest BCUT2D eigenvalue weighted by Crippen LogP contribution is 2.39. The molecule has 0 aliphatic carbocycles. The summed E-state index contributed by atoms with van der Waals surface area (Å²) in [5, 5.41) is 2.52. The van der Waals surface area contributed by atoms with Gasteiger partial charge < -0.3 is 4.57 Å². The zero-order valence-corrected chi connectivity index (χ0v) is 20.1. The van der Waals surface area contributed by atoms with Crippen molar-refractivity contribution in [3.63, 3.8) is 0 Å². The van der Waals surface area contributed by atoms with Gasteiger partial charge in [0.05, 0.1) is 16.7 Å². The molecule has 7 rings (SSSR count). The van der Waals surface area contributed by atoms with Crippen LogP contribution in [-0.2, 0) is 0 Å². The van der Waals surface area contributed by atoms with E-state index in [1.54, 1.807) is 12.4 Å². The van der Waals surface area contributed by atoms with Gasteiger partial charge in [-0.3, -0.25) is 0 Å². The minimum absolute atomic E-state index is 0.729. The largest absolute Gasteiger partial charge is 0.309 e. The molecule has 0 unspecified atom stereocenters. The van der Waals surface area contributed by atoms with Crippen molar-refractivity contribution in [3.05, 3.63) is 140 Å². The normalized spacial score (nSPS) is 11.2. The molecule has 0 spiro atoms. The van der Waals surface area contributed by atoms with Gasteiger partial charge in [0.1, 0.15) is 0 Å². The second-order valence-electron chi connectivity index (χ2n) is 9.09. The zero-order valence-electron chi connectivity index (χ0n) is 20.1.